The van der Waals surface area contributed by atoms with E-state index in [9.17, 15) is 14.4 Å². The Balaban J connectivity index is 1.80. The summed E-state index contributed by atoms with van der Waals surface area (Å²) >= 11 is 0. The number of unbranched alkanes of at least 4 members (excludes halogenated alkanes) is 5. The average molecular weight is 436 g/mol. The van der Waals surface area contributed by atoms with Crippen LogP contribution >= 0.6 is 0 Å². The zero-order valence-corrected chi connectivity index (χ0v) is 19.1. The monoisotopic (exact) mass is 435 g/mol. The highest BCUT2D eigenvalue weighted by Gasteiger charge is 2.33. The molecule has 1 heterocycles. The van der Waals surface area contributed by atoms with Crippen LogP contribution in [0.1, 0.15) is 71.7 Å². The molecule has 0 bridgehead atoms. The highest BCUT2D eigenvalue weighted by molar-refractivity contribution is 6.27. The molecule has 2 N–H and O–H groups in total. The van der Waals surface area contributed by atoms with Gasteiger partial charge in [-0.1, -0.05) is 57.7 Å². The molecule has 170 valence electrons. The van der Waals surface area contributed by atoms with Gasteiger partial charge >= 0.3 is 0 Å². The van der Waals surface area contributed by atoms with Gasteiger partial charge in [0.15, 0.2) is 0 Å². The number of nitrogens with zero attached hydrogens (tertiary/aromatic N) is 1. The lowest BCUT2D eigenvalue weighted by Crippen LogP contribution is -2.41. The number of carbonyl (C=O) groups excluding carboxylic acids is 3. The molecule has 0 atom stereocenters. The van der Waals surface area contributed by atoms with Crippen molar-refractivity contribution in [3.63, 3.8) is 0 Å². The minimum absolute atomic E-state index is 0.208. The molecule has 1 aliphatic rings. The molecule has 3 rings (SSSR count). The Morgan fingerprint density at radius 3 is 2.50 bits per heavy atom. The van der Waals surface area contributed by atoms with Crippen molar-refractivity contribution in [2.75, 3.05) is 25.0 Å². The van der Waals surface area contributed by atoms with E-state index in [0.717, 1.165) is 35.9 Å². The molecule has 0 unspecified atom stereocenters. The van der Waals surface area contributed by atoms with Crippen molar-refractivity contribution in [2.45, 2.75) is 52.4 Å². The summed E-state index contributed by atoms with van der Waals surface area (Å²) in [5.41, 5.74) is 2.97. The van der Waals surface area contributed by atoms with Crippen molar-refractivity contribution in [1.29, 1.82) is 0 Å². The van der Waals surface area contributed by atoms with E-state index in [1.807, 2.05) is 25.1 Å². The normalized spacial score (nSPS) is 12.9. The first-order valence-electron chi connectivity index (χ1n) is 11.6. The van der Waals surface area contributed by atoms with Gasteiger partial charge in [-0.2, -0.15) is 0 Å². The van der Waals surface area contributed by atoms with E-state index in [-0.39, 0.29) is 17.7 Å². The van der Waals surface area contributed by atoms with Crippen molar-refractivity contribution in [1.82, 2.24) is 10.2 Å². The summed E-state index contributed by atoms with van der Waals surface area (Å²) in [5, 5.41) is 7.66. The van der Waals surface area contributed by atoms with E-state index in [0.29, 0.717) is 36.1 Å². The summed E-state index contributed by atoms with van der Waals surface area (Å²) in [6.07, 6.45) is 7.86. The lowest BCUT2D eigenvalue weighted by Gasteiger charge is -2.28. The Kier molecular flexibility index (Phi) is 8.03. The lowest BCUT2D eigenvalue weighted by molar-refractivity contribution is -0.116. The number of hydrogen-bond donors (Lipinski definition) is 2. The maximum absolute atomic E-state index is 13.2. The van der Waals surface area contributed by atoms with Crippen molar-refractivity contribution >= 4 is 34.2 Å². The smallest absolute Gasteiger partial charge is 0.261 e. The molecule has 6 heteroatoms. The summed E-state index contributed by atoms with van der Waals surface area (Å²) in [4.78, 5) is 39.2. The highest BCUT2D eigenvalue weighted by atomic mass is 16.2. The van der Waals surface area contributed by atoms with Crippen LogP contribution in [0.2, 0.25) is 0 Å². The third-order valence-electron chi connectivity index (χ3n) is 5.96. The highest BCUT2D eigenvalue weighted by Crippen LogP contribution is 2.36. The zero-order valence-electron chi connectivity index (χ0n) is 19.1. The van der Waals surface area contributed by atoms with Crippen molar-refractivity contribution < 1.29 is 14.4 Å². The van der Waals surface area contributed by atoms with E-state index < -0.39 is 0 Å². The second kappa shape index (κ2) is 10.9. The molecule has 0 saturated heterocycles. The third-order valence-corrected chi connectivity index (χ3v) is 5.96. The standard InChI is InChI=1S/C26H33N3O3/c1-4-6-7-8-9-10-16-29-25(31)20-13-11-12-19-23(20)21(26(29)32)17-18(3)24(19)28-15-14-27-22(30)5-2/h5,11-13,17,28H,2,4,6-10,14-16H2,1,3H3,(H,27,30). The number of nitrogens with one attached hydrogen (secondary N) is 2. The van der Waals surface area contributed by atoms with Crippen LogP contribution in [0.15, 0.2) is 36.9 Å². The molecule has 32 heavy (non-hydrogen) atoms. The van der Waals surface area contributed by atoms with Crippen molar-refractivity contribution in [2.24, 2.45) is 0 Å². The SMILES string of the molecule is C=CC(=O)NCCNc1c(C)cc2c3c(cccc13)C(=O)N(CCCCCCCC)C2=O. The summed E-state index contributed by atoms with van der Waals surface area (Å²) in [6.45, 7) is 9.00. The third kappa shape index (κ3) is 5.01. The first kappa shape index (κ1) is 23.5. The Morgan fingerprint density at radius 1 is 1.03 bits per heavy atom. The lowest BCUT2D eigenvalue weighted by atomic mass is 9.90. The molecular weight excluding hydrogens is 402 g/mol. The van der Waals surface area contributed by atoms with E-state index in [2.05, 4.69) is 24.1 Å². The predicted molar refractivity (Wildman–Crippen MR) is 129 cm³/mol. The van der Waals surface area contributed by atoms with Gasteiger partial charge in [0.1, 0.15) is 0 Å². The number of amides is 3. The number of carbonyl (C=O) groups is 3. The fourth-order valence-electron chi connectivity index (χ4n) is 4.29. The molecule has 3 amide bonds. The number of rotatable bonds is 12. The van der Waals surface area contributed by atoms with Crippen LogP contribution in [0.3, 0.4) is 0 Å². The zero-order chi connectivity index (χ0) is 23.1. The maximum atomic E-state index is 13.2. The van der Waals surface area contributed by atoms with E-state index in [1.165, 1.54) is 30.2 Å². The Bertz CT molecular complexity index is 1030. The molecule has 2 aromatic rings. The number of aryl methyl sites for hydroxylation is 1. The Labute approximate surface area is 190 Å². The van der Waals surface area contributed by atoms with Gasteiger partial charge in [0.2, 0.25) is 5.91 Å². The molecule has 0 aromatic heterocycles. The largest absolute Gasteiger partial charge is 0.383 e. The first-order valence-corrected chi connectivity index (χ1v) is 11.6. The van der Waals surface area contributed by atoms with Crippen LogP contribution in [0.4, 0.5) is 5.69 Å². The molecule has 0 aliphatic carbocycles. The first-order chi connectivity index (χ1) is 15.5. The molecule has 0 saturated carbocycles. The van der Waals surface area contributed by atoms with Crippen LogP contribution < -0.4 is 10.6 Å². The van der Waals surface area contributed by atoms with E-state index in [1.54, 1.807) is 6.07 Å². The van der Waals surface area contributed by atoms with Crippen molar-refractivity contribution in [3.8, 4) is 0 Å². The maximum Gasteiger partial charge on any atom is 0.261 e. The molecule has 0 spiro atoms. The van der Waals surface area contributed by atoms with Gasteiger partial charge in [0, 0.05) is 47.2 Å². The quantitative estimate of drug-likeness (QED) is 0.285. The second-order valence-electron chi connectivity index (χ2n) is 8.30. The molecule has 0 radical (unpaired) electrons. The molecule has 6 nitrogen and oxygen atoms in total. The number of imide groups is 1. The van der Waals surface area contributed by atoms with Crippen LogP contribution in [0.25, 0.3) is 10.8 Å². The molecule has 1 aliphatic heterocycles. The van der Waals surface area contributed by atoms with Crippen molar-refractivity contribution in [3.05, 3.63) is 53.6 Å². The van der Waals surface area contributed by atoms with Gasteiger partial charge in [-0.05, 0) is 37.1 Å². The minimum Gasteiger partial charge on any atom is -0.383 e. The summed E-state index contributed by atoms with van der Waals surface area (Å²) < 4.78 is 0. The van der Waals surface area contributed by atoms with Crippen LogP contribution in [0.5, 0.6) is 0 Å². The van der Waals surface area contributed by atoms with Gasteiger partial charge in [-0.15, -0.1) is 0 Å². The molecule has 0 fully saturated rings. The summed E-state index contributed by atoms with van der Waals surface area (Å²) in [6, 6.07) is 7.48. The van der Waals surface area contributed by atoms with Crippen LogP contribution in [-0.2, 0) is 4.79 Å². The van der Waals surface area contributed by atoms with E-state index in [4.69, 9.17) is 0 Å². The Morgan fingerprint density at radius 2 is 1.75 bits per heavy atom. The predicted octanol–water partition coefficient (Wildman–Crippen LogP) is 4.82. The average Bonchev–Trinajstić information content (AvgIpc) is 2.80. The second-order valence-corrected chi connectivity index (χ2v) is 8.30. The molecular formula is C26H33N3O3. The fourth-order valence-corrected chi connectivity index (χ4v) is 4.29. The van der Waals surface area contributed by atoms with E-state index >= 15 is 0 Å². The topological polar surface area (TPSA) is 78.5 Å². The van der Waals surface area contributed by atoms with Crippen LogP contribution in [0, 0.1) is 6.92 Å². The van der Waals surface area contributed by atoms with Gasteiger partial charge in [-0.25, -0.2) is 0 Å². The summed E-state index contributed by atoms with van der Waals surface area (Å²) in [7, 11) is 0. The number of anilines is 1. The van der Waals surface area contributed by atoms with Gasteiger partial charge in [-0.3, -0.25) is 19.3 Å². The number of benzene rings is 2. The molecule has 2 aromatic carbocycles. The Hall–Kier alpha value is -3.15. The van der Waals surface area contributed by atoms with Gasteiger partial charge < -0.3 is 10.6 Å². The van der Waals surface area contributed by atoms with Crippen LogP contribution in [-0.4, -0.2) is 42.3 Å². The summed E-state index contributed by atoms with van der Waals surface area (Å²) in [5.74, 6) is -0.642. The van der Waals surface area contributed by atoms with Gasteiger partial charge in [0.25, 0.3) is 11.8 Å². The fraction of sp³-hybridized carbons (Fsp3) is 0.423. The minimum atomic E-state index is -0.220. The number of hydrogen-bond acceptors (Lipinski definition) is 4. The van der Waals surface area contributed by atoms with Gasteiger partial charge in [0.05, 0.1) is 0 Å².